The van der Waals surface area contributed by atoms with Gasteiger partial charge in [-0.3, -0.25) is 0 Å². The zero-order valence-electron chi connectivity index (χ0n) is 13.2. The highest BCUT2D eigenvalue weighted by molar-refractivity contribution is 6.22. The molecule has 0 spiro atoms. The second kappa shape index (κ2) is 4.35. The molecule has 1 aliphatic carbocycles. The molecular weight excluding hydrogens is 282 g/mol. The molecule has 0 radical (unpaired) electrons. The molecule has 0 unspecified atom stereocenters. The highest BCUT2D eigenvalue weighted by Gasteiger charge is 2.27. The van der Waals surface area contributed by atoms with E-state index in [2.05, 4.69) is 55.5 Å². The van der Waals surface area contributed by atoms with Gasteiger partial charge in [0.25, 0.3) is 0 Å². The lowest BCUT2D eigenvalue weighted by Crippen LogP contribution is -2.39. The maximum atomic E-state index is 4.85. The van der Waals surface area contributed by atoms with Gasteiger partial charge in [-0.05, 0) is 33.1 Å². The van der Waals surface area contributed by atoms with Gasteiger partial charge in [0.1, 0.15) is 7.05 Å². The van der Waals surface area contributed by atoms with Gasteiger partial charge in [0.2, 0.25) is 5.52 Å². The highest BCUT2D eigenvalue weighted by atomic mass is 15.3. The molecule has 4 aromatic rings. The van der Waals surface area contributed by atoms with Crippen LogP contribution in [0.2, 0.25) is 0 Å². The van der Waals surface area contributed by atoms with Gasteiger partial charge in [0.05, 0.1) is 6.42 Å². The van der Waals surface area contributed by atoms with Crippen molar-refractivity contribution in [2.45, 2.75) is 13.3 Å². The molecule has 0 atom stereocenters. The van der Waals surface area contributed by atoms with Gasteiger partial charge in [-0.15, -0.1) is 4.68 Å². The minimum atomic E-state index is 0.878. The summed E-state index contributed by atoms with van der Waals surface area (Å²) >= 11 is 0. The van der Waals surface area contributed by atoms with E-state index < -0.39 is 0 Å². The third kappa shape index (κ3) is 1.57. The Morgan fingerprint density at radius 3 is 2.57 bits per heavy atom. The van der Waals surface area contributed by atoms with Crippen molar-refractivity contribution in [3.63, 3.8) is 0 Å². The van der Waals surface area contributed by atoms with E-state index in [1.807, 2.05) is 11.7 Å². The standard InChI is InChI=1S/C20H16N3/c1-3-17-21-16-11-12-7-6-10-14-13-8-4-5-9-15(13)19(18(12)14)20(16)22-23(17)2/h4-11H,3H2,1-2H3/q+1. The molecule has 0 saturated carbocycles. The molecule has 1 aromatic heterocycles. The van der Waals surface area contributed by atoms with Crippen molar-refractivity contribution in [3.8, 4) is 22.3 Å². The zero-order chi connectivity index (χ0) is 15.6. The van der Waals surface area contributed by atoms with Crippen LogP contribution in [0.5, 0.6) is 0 Å². The number of aromatic nitrogens is 3. The second-order valence-corrected chi connectivity index (χ2v) is 6.07. The SMILES string of the molecule is CCc1nc2cc3cccc4c3c(c2n[n+]1C)-c1ccccc1-4. The van der Waals surface area contributed by atoms with Crippen LogP contribution in [0.1, 0.15) is 12.7 Å². The van der Waals surface area contributed by atoms with Gasteiger partial charge in [-0.1, -0.05) is 54.5 Å². The van der Waals surface area contributed by atoms with E-state index in [4.69, 9.17) is 10.1 Å². The van der Waals surface area contributed by atoms with Gasteiger partial charge >= 0.3 is 5.82 Å². The summed E-state index contributed by atoms with van der Waals surface area (Å²) in [5.74, 6) is 1.01. The van der Waals surface area contributed by atoms with Crippen LogP contribution in [-0.2, 0) is 13.5 Å². The molecule has 3 aromatic carbocycles. The minimum Gasteiger partial charge on any atom is -0.137 e. The van der Waals surface area contributed by atoms with Crippen LogP contribution in [0.25, 0.3) is 44.1 Å². The predicted octanol–water partition coefficient (Wildman–Crippen LogP) is 3.82. The summed E-state index contributed by atoms with van der Waals surface area (Å²) in [6.45, 7) is 2.11. The molecule has 0 amide bonds. The molecule has 3 nitrogen and oxygen atoms in total. The molecule has 0 N–H and O–H groups in total. The third-order valence-electron chi connectivity index (χ3n) is 4.79. The summed E-state index contributed by atoms with van der Waals surface area (Å²) in [4.78, 5) is 4.85. The Labute approximate surface area is 134 Å². The first kappa shape index (κ1) is 12.7. The van der Waals surface area contributed by atoms with Gasteiger partial charge in [-0.25, -0.2) is 0 Å². The Hall–Kier alpha value is -2.81. The summed E-state index contributed by atoms with van der Waals surface area (Å²) in [6, 6.07) is 17.3. The molecule has 3 heteroatoms. The topological polar surface area (TPSA) is 29.7 Å². The van der Waals surface area contributed by atoms with E-state index in [1.165, 1.54) is 33.0 Å². The van der Waals surface area contributed by atoms with E-state index in [0.29, 0.717) is 0 Å². The van der Waals surface area contributed by atoms with Crippen molar-refractivity contribution in [2.75, 3.05) is 0 Å². The maximum Gasteiger partial charge on any atom is 0.318 e. The molecule has 0 aliphatic heterocycles. The number of aryl methyl sites for hydroxylation is 2. The number of rotatable bonds is 1. The molecule has 0 bridgehead atoms. The summed E-state index contributed by atoms with van der Waals surface area (Å²) < 4.78 is 1.91. The first-order valence-electron chi connectivity index (χ1n) is 8.00. The number of hydrogen-bond donors (Lipinski definition) is 0. The van der Waals surface area contributed by atoms with Crippen molar-refractivity contribution in [1.29, 1.82) is 0 Å². The van der Waals surface area contributed by atoms with Crippen molar-refractivity contribution in [1.82, 2.24) is 10.1 Å². The van der Waals surface area contributed by atoms with Crippen LogP contribution >= 0.6 is 0 Å². The van der Waals surface area contributed by atoms with E-state index >= 15 is 0 Å². The molecule has 5 rings (SSSR count). The monoisotopic (exact) mass is 298 g/mol. The normalized spacial score (nSPS) is 12.1. The largest absolute Gasteiger partial charge is 0.318 e. The lowest BCUT2D eigenvalue weighted by molar-refractivity contribution is -0.738. The number of nitrogens with zero attached hydrogens (tertiary/aromatic N) is 3. The van der Waals surface area contributed by atoms with Crippen LogP contribution in [-0.4, -0.2) is 10.1 Å². The van der Waals surface area contributed by atoms with Crippen LogP contribution < -0.4 is 4.68 Å². The molecule has 1 heterocycles. The van der Waals surface area contributed by atoms with E-state index in [-0.39, 0.29) is 0 Å². The summed E-state index contributed by atoms with van der Waals surface area (Å²) in [5.41, 5.74) is 7.08. The van der Waals surface area contributed by atoms with E-state index in [0.717, 1.165) is 23.3 Å². The first-order chi connectivity index (χ1) is 11.3. The average molecular weight is 298 g/mol. The summed E-state index contributed by atoms with van der Waals surface area (Å²) in [6.07, 6.45) is 0.878. The molecule has 110 valence electrons. The highest BCUT2D eigenvalue weighted by Crippen LogP contribution is 2.49. The van der Waals surface area contributed by atoms with Gasteiger partial charge in [0, 0.05) is 10.9 Å². The lowest BCUT2D eigenvalue weighted by Gasteiger charge is -2.05. The fourth-order valence-corrected chi connectivity index (χ4v) is 3.77. The first-order valence-corrected chi connectivity index (χ1v) is 8.00. The third-order valence-corrected chi connectivity index (χ3v) is 4.79. The second-order valence-electron chi connectivity index (χ2n) is 6.07. The minimum absolute atomic E-state index is 0.878. The average Bonchev–Trinajstić information content (AvgIpc) is 2.92. The fraction of sp³-hybridized carbons (Fsp3) is 0.150. The predicted molar refractivity (Wildman–Crippen MR) is 92.0 cm³/mol. The lowest BCUT2D eigenvalue weighted by atomic mass is 10.0. The van der Waals surface area contributed by atoms with Crippen LogP contribution in [0.4, 0.5) is 0 Å². The Bertz CT molecular complexity index is 1110. The molecule has 23 heavy (non-hydrogen) atoms. The Kier molecular flexibility index (Phi) is 2.41. The zero-order valence-corrected chi connectivity index (χ0v) is 13.2. The summed E-state index contributed by atoms with van der Waals surface area (Å²) in [5, 5.41) is 7.40. The van der Waals surface area contributed by atoms with Crippen LogP contribution in [0.3, 0.4) is 0 Å². The van der Waals surface area contributed by atoms with Crippen molar-refractivity contribution in [2.24, 2.45) is 7.05 Å². The quantitative estimate of drug-likeness (QED) is 0.348. The molecule has 1 aliphatic rings. The van der Waals surface area contributed by atoms with Crippen LogP contribution in [0.15, 0.2) is 48.5 Å². The van der Waals surface area contributed by atoms with Gasteiger partial charge in [-0.2, -0.15) is 0 Å². The Morgan fingerprint density at radius 2 is 1.74 bits per heavy atom. The van der Waals surface area contributed by atoms with Crippen LogP contribution in [0, 0.1) is 0 Å². The number of hydrogen-bond acceptors (Lipinski definition) is 2. The fourth-order valence-electron chi connectivity index (χ4n) is 3.77. The summed E-state index contributed by atoms with van der Waals surface area (Å²) in [7, 11) is 1.98. The molecule has 0 fully saturated rings. The maximum absolute atomic E-state index is 4.85. The van der Waals surface area contributed by atoms with Crippen molar-refractivity contribution in [3.05, 3.63) is 54.4 Å². The van der Waals surface area contributed by atoms with E-state index in [9.17, 15) is 0 Å². The van der Waals surface area contributed by atoms with Crippen molar-refractivity contribution >= 4 is 21.8 Å². The number of benzene rings is 3. The Balaban J connectivity index is 2.05. The van der Waals surface area contributed by atoms with Gasteiger partial charge < -0.3 is 0 Å². The van der Waals surface area contributed by atoms with E-state index in [1.54, 1.807) is 0 Å². The molecular formula is C20H16N3+. The Morgan fingerprint density at radius 1 is 0.957 bits per heavy atom. The smallest absolute Gasteiger partial charge is 0.137 e. The van der Waals surface area contributed by atoms with Gasteiger partial charge in [0.15, 0.2) is 5.52 Å². The number of fused-ring (bicyclic) bond motifs is 5. The molecule has 0 saturated heterocycles. The van der Waals surface area contributed by atoms with Crippen molar-refractivity contribution < 1.29 is 4.68 Å².